The summed E-state index contributed by atoms with van der Waals surface area (Å²) in [6.07, 6.45) is 6.39. The van der Waals surface area contributed by atoms with Crippen LogP contribution in [-0.4, -0.2) is 51.9 Å². The van der Waals surface area contributed by atoms with E-state index in [0.717, 1.165) is 29.8 Å². The number of aryl methyl sites for hydroxylation is 1. The van der Waals surface area contributed by atoms with Crippen LogP contribution in [-0.2, 0) is 11.0 Å². The molecule has 1 fully saturated rings. The molecular weight excluding hydrogens is 569 g/mol. The molecule has 1 aliphatic heterocycles. The summed E-state index contributed by atoms with van der Waals surface area (Å²) in [6, 6.07) is 16.7. The van der Waals surface area contributed by atoms with Gasteiger partial charge in [0.2, 0.25) is 0 Å². The Bertz CT molecular complexity index is 1730. The standard InChI is InChI=1S/C28H25Cl2N7O2S/c1-18-3-6-21(7-4-18)37-26(33-28(38)22-17-32-36-12-2-11-31-27(22)36)16-24(34-37)19-9-13-35(14-10-19)40(39)25-8-5-20(29)15-23(25)30/h2-8,11-12,15-17,19H,9-10,13-14H2,1H3,(H,33,38). The van der Waals surface area contributed by atoms with Crippen LogP contribution in [0.2, 0.25) is 10.0 Å². The lowest BCUT2D eigenvalue weighted by atomic mass is 9.95. The molecule has 40 heavy (non-hydrogen) atoms. The number of rotatable bonds is 6. The average molecular weight is 595 g/mol. The first-order valence-corrected chi connectivity index (χ1v) is 14.6. The number of benzene rings is 2. The predicted octanol–water partition coefficient (Wildman–Crippen LogP) is 5.68. The Kier molecular flexibility index (Phi) is 7.41. The number of hydrogen-bond acceptors (Lipinski definition) is 5. The Hall–Kier alpha value is -3.57. The summed E-state index contributed by atoms with van der Waals surface area (Å²) < 4.78 is 18.4. The smallest absolute Gasteiger partial charge is 0.262 e. The molecule has 9 nitrogen and oxygen atoms in total. The monoisotopic (exact) mass is 593 g/mol. The quantitative estimate of drug-likeness (QED) is 0.273. The number of anilines is 1. The fraction of sp³-hybridized carbons (Fsp3) is 0.214. The molecule has 1 unspecified atom stereocenters. The second-order valence-electron chi connectivity index (χ2n) is 9.63. The van der Waals surface area contributed by atoms with Crippen LogP contribution in [0.25, 0.3) is 11.3 Å². The lowest BCUT2D eigenvalue weighted by molar-refractivity contribution is 0.102. The highest BCUT2D eigenvalue weighted by molar-refractivity contribution is 7.82. The highest BCUT2D eigenvalue weighted by Crippen LogP contribution is 2.33. The number of fused-ring (bicyclic) bond motifs is 1. The molecule has 0 spiro atoms. The van der Waals surface area contributed by atoms with Gasteiger partial charge in [0, 0.05) is 42.5 Å². The van der Waals surface area contributed by atoms with Crippen LogP contribution >= 0.6 is 23.2 Å². The number of carbonyl (C=O) groups excluding carboxylic acids is 1. The lowest BCUT2D eigenvalue weighted by Crippen LogP contribution is -2.34. The fourth-order valence-electron chi connectivity index (χ4n) is 4.82. The van der Waals surface area contributed by atoms with Gasteiger partial charge in [0.25, 0.3) is 5.91 Å². The number of carbonyl (C=O) groups is 1. The first-order valence-electron chi connectivity index (χ1n) is 12.8. The Morgan fingerprint density at radius 3 is 2.60 bits per heavy atom. The largest absolute Gasteiger partial charge is 0.306 e. The van der Waals surface area contributed by atoms with E-state index in [0.29, 0.717) is 45.1 Å². The van der Waals surface area contributed by atoms with E-state index >= 15 is 0 Å². The molecule has 0 saturated carbocycles. The van der Waals surface area contributed by atoms with Crippen molar-refractivity contribution >= 4 is 51.6 Å². The number of nitrogens with one attached hydrogen (secondary N) is 1. The van der Waals surface area contributed by atoms with Gasteiger partial charge in [-0.2, -0.15) is 10.2 Å². The first-order chi connectivity index (χ1) is 19.4. The third kappa shape index (κ3) is 5.27. The summed E-state index contributed by atoms with van der Waals surface area (Å²) in [6.45, 7) is 3.25. The molecule has 1 aliphatic rings. The van der Waals surface area contributed by atoms with Crippen molar-refractivity contribution in [1.82, 2.24) is 28.7 Å². The number of nitrogens with zero attached hydrogens (tertiary/aromatic N) is 6. The Labute approximate surface area is 243 Å². The van der Waals surface area contributed by atoms with Gasteiger partial charge in [-0.3, -0.25) is 4.79 Å². The molecule has 2 aromatic carbocycles. The second-order valence-corrected chi connectivity index (χ2v) is 11.9. The van der Waals surface area contributed by atoms with Crippen molar-refractivity contribution < 1.29 is 9.00 Å². The van der Waals surface area contributed by atoms with E-state index in [4.69, 9.17) is 28.3 Å². The maximum Gasteiger partial charge on any atom is 0.262 e. The molecule has 204 valence electrons. The van der Waals surface area contributed by atoms with Crippen molar-refractivity contribution in [2.45, 2.75) is 30.6 Å². The molecule has 0 bridgehead atoms. The second kappa shape index (κ2) is 11.1. The molecular formula is C28H25Cl2N7O2S. The summed E-state index contributed by atoms with van der Waals surface area (Å²) >= 11 is 12.3. The minimum Gasteiger partial charge on any atom is -0.306 e. The van der Waals surface area contributed by atoms with Gasteiger partial charge < -0.3 is 5.32 Å². The number of amides is 1. The van der Waals surface area contributed by atoms with Crippen LogP contribution in [0.5, 0.6) is 0 Å². The Balaban J connectivity index is 1.24. The third-order valence-electron chi connectivity index (χ3n) is 6.96. The van der Waals surface area contributed by atoms with Crippen molar-refractivity contribution in [3.8, 4) is 5.69 Å². The van der Waals surface area contributed by atoms with Gasteiger partial charge in [0.15, 0.2) is 5.65 Å². The SMILES string of the molecule is Cc1ccc(-n2nc(C3CCN(S(=O)c4ccc(Cl)cc4Cl)CC3)cc2NC(=O)c2cnn3cccnc23)cc1. The van der Waals surface area contributed by atoms with Gasteiger partial charge >= 0.3 is 0 Å². The molecule has 1 atom stereocenters. The van der Waals surface area contributed by atoms with E-state index in [1.807, 2.05) is 41.6 Å². The van der Waals surface area contributed by atoms with Gasteiger partial charge in [-0.15, -0.1) is 0 Å². The average Bonchev–Trinajstić information content (AvgIpc) is 3.58. The van der Waals surface area contributed by atoms with E-state index < -0.39 is 11.0 Å². The Morgan fingerprint density at radius 1 is 1.07 bits per heavy atom. The van der Waals surface area contributed by atoms with Crippen molar-refractivity contribution in [2.24, 2.45) is 0 Å². The molecule has 3 aromatic heterocycles. The van der Waals surface area contributed by atoms with Crippen LogP contribution in [0, 0.1) is 6.92 Å². The molecule has 0 aliphatic carbocycles. The summed E-state index contributed by atoms with van der Waals surface area (Å²) in [5.41, 5.74) is 3.67. The zero-order chi connectivity index (χ0) is 27.8. The molecule has 1 N–H and O–H groups in total. The third-order valence-corrected chi connectivity index (χ3v) is 9.19. The van der Waals surface area contributed by atoms with Crippen LogP contribution in [0.3, 0.4) is 0 Å². The number of aromatic nitrogens is 5. The number of piperidine rings is 1. The fourth-order valence-corrected chi connectivity index (χ4v) is 6.65. The highest BCUT2D eigenvalue weighted by Gasteiger charge is 2.28. The summed E-state index contributed by atoms with van der Waals surface area (Å²) in [7, 11) is -1.38. The van der Waals surface area contributed by atoms with E-state index in [-0.39, 0.29) is 11.8 Å². The van der Waals surface area contributed by atoms with Crippen molar-refractivity contribution in [3.63, 3.8) is 0 Å². The van der Waals surface area contributed by atoms with Crippen LogP contribution < -0.4 is 5.32 Å². The minimum atomic E-state index is -1.38. The number of hydrogen-bond donors (Lipinski definition) is 1. The molecule has 5 aromatic rings. The maximum atomic E-state index is 13.3. The molecule has 0 radical (unpaired) electrons. The highest BCUT2D eigenvalue weighted by atomic mass is 35.5. The molecule has 6 rings (SSSR count). The Morgan fingerprint density at radius 2 is 1.85 bits per heavy atom. The van der Waals surface area contributed by atoms with Crippen LogP contribution in [0.15, 0.2) is 78.1 Å². The maximum absolute atomic E-state index is 13.3. The van der Waals surface area contributed by atoms with E-state index in [2.05, 4.69) is 15.4 Å². The zero-order valence-corrected chi connectivity index (χ0v) is 23.8. The van der Waals surface area contributed by atoms with Gasteiger partial charge in [-0.25, -0.2) is 22.7 Å². The zero-order valence-electron chi connectivity index (χ0n) is 21.5. The molecule has 12 heteroatoms. The predicted molar refractivity (Wildman–Crippen MR) is 156 cm³/mol. The van der Waals surface area contributed by atoms with Crippen LogP contribution in [0.1, 0.15) is 40.4 Å². The van der Waals surface area contributed by atoms with E-state index in [1.54, 1.807) is 45.9 Å². The van der Waals surface area contributed by atoms with E-state index in [1.165, 1.54) is 6.20 Å². The lowest BCUT2D eigenvalue weighted by Gasteiger charge is -2.30. The molecule has 1 saturated heterocycles. The van der Waals surface area contributed by atoms with Gasteiger partial charge in [0.05, 0.1) is 27.5 Å². The topological polar surface area (TPSA) is 97.4 Å². The summed E-state index contributed by atoms with van der Waals surface area (Å²) in [5, 5.41) is 13.1. The minimum absolute atomic E-state index is 0.134. The number of halogens is 2. The normalized spacial score (nSPS) is 15.4. The van der Waals surface area contributed by atoms with Crippen LogP contribution in [0.4, 0.5) is 5.82 Å². The van der Waals surface area contributed by atoms with Gasteiger partial charge in [0.1, 0.15) is 22.4 Å². The van der Waals surface area contributed by atoms with Gasteiger partial charge in [-0.1, -0.05) is 40.9 Å². The summed E-state index contributed by atoms with van der Waals surface area (Å²) in [4.78, 5) is 18.2. The van der Waals surface area contributed by atoms with Crippen molar-refractivity contribution in [3.05, 3.63) is 100 Å². The summed E-state index contributed by atoms with van der Waals surface area (Å²) in [5.74, 6) is 0.367. The van der Waals surface area contributed by atoms with Crippen molar-refractivity contribution in [2.75, 3.05) is 18.4 Å². The first kappa shape index (κ1) is 26.6. The molecule has 4 heterocycles. The van der Waals surface area contributed by atoms with Gasteiger partial charge in [-0.05, 0) is 56.2 Å². The van der Waals surface area contributed by atoms with E-state index in [9.17, 15) is 9.00 Å². The van der Waals surface area contributed by atoms with Crippen molar-refractivity contribution in [1.29, 1.82) is 0 Å². The molecule has 1 amide bonds.